The topological polar surface area (TPSA) is 33.1 Å². The van der Waals surface area contributed by atoms with Gasteiger partial charge in [0.1, 0.15) is 16.6 Å². The molecule has 2 nitrogen and oxygen atoms in total. The highest BCUT2D eigenvalue weighted by Crippen LogP contribution is 2.33. The van der Waals surface area contributed by atoms with Crippen LogP contribution in [0.4, 0.5) is 22.0 Å². The molecule has 0 saturated heterocycles. The monoisotopic (exact) mass is 385 g/mol. The van der Waals surface area contributed by atoms with Gasteiger partial charge in [-0.1, -0.05) is 18.2 Å². The summed E-state index contributed by atoms with van der Waals surface area (Å²) in [6.45, 7) is -0.337. The molecular formula is C18H12F5NOS. The molecule has 3 rings (SSSR count). The smallest absolute Gasteiger partial charge is 0.391 e. The van der Waals surface area contributed by atoms with Crippen molar-refractivity contribution in [2.24, 2.45) is 0 Å². The predicted octanol–water partition coefficient (Wildman–Crippen LogP) is 5.19. The van der Waals surface area contributed by atoms with Gasteiger partial charge < -0.3 is 5.11 Å². The molecule has 3 aromatic rings. The zero-order valence-corrected chi connectivity index (χ0v) is 14.0. The molecular weight excluding hydrogens is 373 g/mol. The van der Waals surface area contributed by atoms with E-state index in [-0.39, 0.29) is 18.6 Å². The third-order valence-corrected chi connectivity index (χ3v) is 4.89. The van der Waals surface area contributed by atoms with Crippen molar-refractivity contribution in [3.63, 3.8) is 0 Å². The van der Waals surface area contributed by atoms with Crippen molar-refractivity contribution in [2.75, 3.05) is 0 Å². The van der Waals surface area contributed by atoms with Crippen LogP contribution in [0, 0.1) is 11.6 Å². The number of aromatic nitrogens is 1. The van der Waals surface area contributed by atoms with Gasteiger partial charge in [-0.05, 0) is 23.8 Å². The molecule has 8 heteroatoms. The highest BCUT2D eigenvalue weighted by atomic mass is 32.1. The molecule has 0 amide bonds. The molecule has 0 spiro atoms. The number of hydrogen-bond donors (Lipinski definition) is 1. The van der Waals surface area contributed by atoms with Gasteiger partial charge in [-0.2, -0.15) is 13.2 Å². The molecule has 26 heavy (non-hydrogen) atoms. The van der Waals surface area contributed by atoms with Crippen LogP contribution >= 0.6 is 11.3 Å². The molecule has 0 aliphatic heterocycles. The van der Waals surface area contributed by atoms with Crippen molar-refractivity contribution in [3.05, 3.63) is 75.8 Å². The Morgan fingerprint density at radius 1 is 1.00 bits per heavy atom. The van der Waals surface area contributed by atoms with E-state index >= 15 is 0 Å². The van der Waals surface area contributed by atoms with E-state index in [1.165, 1.54) is 18.2 Å². The minimum absolute atomic E-state index is 0.0408. The Morgan fingerprint density at radius 3 is 2.27 bits per heavy atom. The van der Waals surface area contributed by atoms with E-state index in [4.69, 9.17) is 0 Å². The molecule has 2 aromatic carbocycles. The fourth-order valence-corrected chi connectivity index (χ4v) is 3.36. The largest absolute Gasteiger partial charge is 0.416 e. The van der Waals surface area contributed by atoms with E-state index in [0.717, 1.165) is 35.6 Å². The molecule has 0 fully saturated rings. The summed E-state index contributed by atoms with van der Waals surface area (Å²) in [6, 6.07) is 7.68. The van der Waals surface area contributed by atoms with E-state index in [0.29, 0.717) is 21.1 Å². The maximum atomic E-state index is 13.8. The van der Waals surface area contributed by atoms with Crippen LogP contribution in [0.2, 0.25) is 0 Å². The van der Waals surface area contributed by atoms with Crippen molar-refractivity contribution in [3.8, 4) is 10.6 Å². The molecule has 0 bridgehead atoms. The van der Waals surface area contributed by atoms with Gasteiger partial charge >= 0.3 is 6.18 Å². The fourth-order valence-electron chi connectivity index (χ4n) is 2.42. The van der Waals surface area contributed by atoms with Crippen LogP contribution in [-0.4, -0.2) is 10.1 Å². The second-order valence-corrected chi connectivity index (χ2v) is 6.62. The molecule has 0 radical (unpaired) electrons. The highest BCUT2D eigenvalue weighted by molar-refractivity contribution is 7.15. The number of hydrogen-bond acceptors (Lipinski definition) is 3. The second kappa shape index (κ2) is 7.13. The lowest BCUT2D eigenvalue weighted by Crippen LogP contribution is -2.03. The van der Waals surface area contributed by atoms with Crippen molar-refractivity contribution >= 4 is 11.3 Å². The SMILES string of the molecule is OCc1sc(-c2ccc(C(F)(F)F)cc2)nc1Cc1ccc(F)cc1F. The van der Waals surface area contributed by atoms with Crippen LogP contribution in [-0.2, 0) is 19.2 Å². The number of rotatable bonds is 4. The van der Waals surface area contributed by atoms with Crippen LogP contribution in [0.1, 0.15) is 21.7 Å². The highest BCUT2D eigenvalue weighted by Gasteiger charge is 2.30. The average Bonchev–Trinajstić information content (AvgIpc) is 3.00. The fraction of sp³-hybridized carbons (Fsp3) is 0.167. The molecule has 0 saturated carbocycles. The van der Waals surface area contributed by atoms with E-state index in [2.05, 4.69) is 4.98 Å². The first kappa shape index (κ1) is 18.5. The molecule has 0 aliphatic carbocycles. The summed E-state index contributed by atoms with van der Waals surface area (Å²) in [6.07, 6.45) is -4.39. The quantitative estimate of drug-likeness (QED) is 0.627. The van der Waals surface area contributed by atoms with Crippen LogP contribution in [0.3, 0.4) is 0 Å². The third-order valence-electron chi connectivity index (χ3n) is 3.75. The van der Waals surface area contributed by atoms with Gasteiger partial charge in [0.2, 0.25) is 0 Å². The lowest BCUT2D eigenvalue weighted by atomic mass is 10.1. The Bertz CT molecular complexity index is 918. The Kier molecular flexibility index (Phi) is 5.06. The first-order valence-electron chi connectivity index (χ1n) is 7.49. The van der Waals surface area contributed by atoms with Gasteiger partial charge in [-0.25, -0.2) is 13.8 Å². The molecule has 1 aromatic heterocycles. The maximum absolute atomic E-state index is 13.8. The van der Waals surface area contributed by atoms with Crippen LogP contribution in [0.15, 0.2) is 42.5 Å². The zero-order valence-electron chi connectivity index (χ0n) is 13.1. The molecule has 136 valence electrons. The second-order valence-electron chi connectivity index (χ2n) is 5.53. The van der Waals surface area contributed by atoms with Gasteiger partial charge in [-0.15, -0.1) is 11.3 Å². The predicted molar refractivity (Wildman–Crippen MR) is 87.6 cm³/mol. The lowest BCUT2D eigenvalue weighted by Gasteiger charge is -2.06. The Hall–Kier alpha value is -2.32. The van der Waals surface area contributed by atoms with Crippen LogP contribution in [0.25, 0.3) is 10.6 Å². The lowest BCUT2D eigenvalue weighted by molar-refractivity contribution is -0.137. The number of benzene rings is 2. The van der Waals surface area contributed by atoms with E-state index < -0.39 is 23.4 Å². The number of thiazole rings is 1. The first-order valence-corrected chi connectivity index (χ1v) is 8.30. The first-order chi connectivity index (χ1) is 12.3. The number of aliphatic hydroxyl groups is 1. The summed E-state index contributed by atoms with van der Waals surface area (Å²) in [7, 11) is 0. The summed E-state index contributed by atoms with van der Waals surface area (Å²) in [4.78, 5) is 4.79. The van der Waals surface area contributed by atoms with Crippen LogP contribution in [0.5, 0.6) is 0 Å². The molecule has 0 aliphatic rings. The van der Waals surface area contributed by atoms with Gasteiger partial charge in [0.05, 0.1) is 22.7 Å². The van der Waals surface area contributed by atoms with Crippen LogP contribution < -0.4 is 0 Å². The Labute approximate surface area is 149 Å². The standard InChI is InChI=1S/C18H12F5NOS/c19-13-6-3-11(14(20)8-13)7-15-16(9-25)26-17(24-15)10-1-4-12(5-2-10)18(21,22)23/h1-6,8,25H,7,9H2. The zero-order chi connectivity index (χ0) is 18.9. The minimum atomic E-state index is -4.43. The third kappa shape index (κ3) is 3.91. The summed E-state index contributed by atoms with van der Waals surface area (Å²) >= 11 is 1.12. The number of aliphatic hydroxyl groups excluding tert-OH is 1. The molecule has 0 unspecified atom stereocenters. The van der Waals surface area contributed by atoms with Gasteiger partial charge in [0.15, 0.2) is 0 Å². The van der Waals surface area contributed by atoms with Crippen molar-refractivity contribution in [1.82, 2.24) is 4.98 Å². The summed E-state index contributed by atoms with van der Waals surface area (Å²) in [5, 5.41) is 9.91. The number of halogens is 5. The molecule has 1 N–H and O–H groups in total. The van der Waals surface area contributed by atoms with Gasteiger partial charge in [0.25, 0.3) is 0 Å². The van der Waals surface area contributed by atoms with Crippen molar-refractivity contribution < 1.29 is 27.1 Å². The maximum Gasteiger partial charge on any atom is 0.416 e. The average molecular weight is 385 g/mol. The van der Waals surface area contributed by atoms with Crippen molar-refractivity contribution in [1.29, 1.82) is 0 Å². The minimum Gasteiger partial charge on any atom is -0.391 e. The Balaban J connectivity index is 1.91. The van der Waals surface area contributed by atoms with E-state index in [9.17, 15) is 27.1 Å². The summed E-state index contributed by atoms with van der Waals surface area (Å²) < 4.78 is 64.8. The normalized spacial score (nSPS) is 11.8. The Morgan fingerprint density at radius 2 is 1.69 bits per heavy atom. The summed E-state index contributed by atoms with van der Waals surface area (Å²) in [5.41, 5.74) is 0.306. The van der Waals surface area contributed by atoms with Gasteiger partial charge in [0, 0.05) is 18.1 Å². The molecule has 1 heterocycles. The number of alkyl halides is 3. The van der Waals surface area contributed by atoms with Crippen molar-refractivity contribution in [2.45, 2.75) is 19.2 Å². The van der Waals surface area contributed by atoms with Gasteiger partial charge in [-0.3, -0.25) is 0 Å². The van der Waals surface area contributed by atoms with E-state index in [1.807, 2.05) is 0 Å². The van der Waals surface area contributed by atoms with E-state index in [1.54, 1.807) is 0 Å². The number of nitrogens with zero attached hydrogens (tertiary/aromatic N) is 1. The summed E-state index contributed by atoms with van der Waals surface area (Å²) in [5.74, 6) is -1.42. The molecule has 0 atom stereocenters.